The van der Waals surface area contributed by atoms with Crippen molar-refractivity contribution in [3.63, 3.8) is 0 Å². The van der Waals surface area contributed by atoms with Gasteiger partial charge in [0.1, 0.15) is 5.75 Å². The fourth-order valence-electron chi connectivity index (χ4n) is 3.30. The fourth-order valence-corrected chi connectivity index (χ4v) is 3.53. The molecule has 0 bridgehead atoms. The average Bonchev–Trinajstić information content (AvgIpc) is 3.20. The third-order valence-corrected chi connectivity index (χ3v) is 4.95. The highest BCUT2D eigenvalue weighted by Gasteiger charge is 2.12. The Balaban J connectivity index is 1.44. The van der Waals surface area contributed by atoms with Gasteiger partial charge in [0, 0.05) is 12.3 Å². The zero-order valence-electron chi connectivity index (χ0n) is 16.6. The highest BCUT2D eigenvalue weighted by molar-refractivity contribution is 7.80. The van der Waals surface area contributed by atoms with Gasteiger partial charge in [-0.2, -0.15) is 5.10 Å². The molecule has 0 aliphatic rings. The van der Waals surface area contributed by atoms with Crippen molar-refractivity contribution < 1.29 is 9.66 Å². The van der Waals surface area contributed by atoms with Crippen LogP contribution in [0.5, 0.6) is 5.75 Å². The van der Waals surface area contributed by atoms with Gasteiger partial charge < -0.3 is 15.4 Å². The summed E-state index contributed by atoms with van der Waals surface area (Å²) in [5, 5.41) is 24.1. The molecule has 0 radical (unpaired) electrons. The molecule has 0 unspecified atom stereocenters. The van der Waals surface area contributed by atoms with Crippen LogP contribution < -0.4 is 15.4 Å². The predicted molar refractivity (Wildman–Crippen MR) is 125 cm³/mol. The highest BCUT2D eigenvalue weighted by Crippen LogP contribution is 2.29. The van der Waals surface area contributed by atoms with Gasteiger partial charge in [0.2, 0.25) is 0 Å². The number of nitro groups is 1. The lowest BCUT2D eigenvalue weighted by atomic mass is 10.0. The minimum absolute atomic E-state index is 0.0593. The molecule has 1 aromatic heterocycles. The summed E-state index contributed by atoms with van der Waals surface area (Å²) in [4.78, 5) is 10.5. The largest absolute Gasteiger partial charge is 0.494 e. The summed E-state index contributed by atoms with van der Waals surface area (Å²) >= 11 is 5.36. The number of benzene rings is 3. The van der Waals surface area contributed by atoms with E-state index in [1.165, 1.54) is 35.6 Å². The zero-order chi connectivity index (χ0) is 21.8. The summed E-state index contributed by atoms with van der Waals surface area (Å²) in [7, 11) is 1.44. The molecular weight excluding hydrogens is 414 g/mol. The highest BCUT2D eigenvalue weighted by atomic mass is 32.1. The van der Waals surface area contributed by atoms with E-state index in [0.29, 0.717) is 23.1 Å². The molecule has 0 aliphatic carbocycles. The number of hydrogen-bond acceptors (Lipinski definition) is 5. The van der Waals surface area contributed by atoms with E-state index in [2.05, 4.69) is 40.0 Å². The quantitative estimate of drug-likeness (QED) is 0.256. The summed E-state index contributed by atoms with van der Waals surface area (Å²) in [5.74, 6) is 0.324. The average molecular weight is 433 g/mol. The van der Waals surface area contributed by atoms with Gasteiger partial charge in [0.05, 0.1) is 42.2 Å². The molecule has 4 rings (SSSR count). The third-order valence-electron chi connectivity index (χ3n) is 4.75. The second kappa shape index (κ2) is 8.80. The summed E-state index contributed by atoms with van der Waals surface area (Å²) in [6.45, 7) is 0.624. The van der Waals surface area contributed by atoms with Crippen LogP contribution in [-0.4, -0.2) is 26.9 Å². The first-order valence-corrected chi connectivity index (χ1v) is 9.84. The molecule has 4 aromatic rings. The van der Waals surface area contributed by atoms with Crippen molar-refractivity contribution in [2.75, 3.05) is 17.7 Å². The topological polar surface area (TPSA) is 94.2 Å². The number of nitro benzene ring substituents is 1. The molecule has 1 heterocycles. The number of rotatable bonds is 6. The Kier molecular flexibility index (Phi) is 5.76. The van der Waals surface area contributed by atoms with E-state index in [0.717, 1.165) is 5.69 Å². The van der Waals surface area contributed by atoms with E-state index < -0.39 is 4.92 Å². The van der Waals surface area contributed by atoms with E-state index in [9.17, 15) is 10.1 Å². The maximum absolute atomic E-state index is 10.9. The van der Waals surface area contributed by atoms with Crippen molar-refractivity contribution in [3.8, 4) is 5.75 Å². The molecule has 0 amide bonds. The Morgan fingerprint density at radius 2 is 1.97 bits per heavy atom. The Morgan fingerprint density at radius 3 is 2.77 bits per heavy atom. The molecule has 156 valence electrons. The van der Waals surface area contributed by atoms with Crippen molar-refractivity contribution in [1.29, 1.82) is 0 Å². The normalized spacial score (nSPS) is 10.6. The molecule has 0 fully saturated rings. The number of nitrogens with zero attached hydrogens (tertiary/aromatic N) is 3. The predicted octanol–water partition coefficient (Wildman–Crippen LogP) is 4.81. The smallest absolute Gasteiger partial charge is 0.273 e. The number of aromatic nitrogens is 2. The summed E-state index contributed by atoms with van der Waals surface area (Å²) in [6, 6.07) is 18.7. The van der Waals surface area contributed by atoms with Gasteiger partial charge in [0.25, 0.3) is 5.69 Å². The molecule has 3 aromatic carbocycles. The van der Waals surface area contributed by atoms with Gasteiger partial charge in [-0.05, 0) is 34.6 Å². The van der Waals surface area contributed by atoms with Crippen molar-refractivity contribution in [1.82, 2.24) is 9.78 Å². The first-order valence-electron chi connectivity index (χ1n) is 9.43. The molecule has 2 N–H and O–H groups in total. The van der Waals surface area contributed by atoms with E-state index in [4.69, 9.17) is 17.0 Å². The van der Waals surface area contributed by atoms with Crippen LogP contribution in [0.25, 0.3) is 10.8 Å². The minimum atomic E-state index is -0.479. The van der Waals surface area contributed by atoms with Crippen molar-refractivity contribution >= 4 is 45.2 Å². The number of nitrogens with one attached hydrogen (secondary N) is 2. The number of fused-ring (bicyclic) bond motifs is 1. The molecule has 9 heteroatoms. The van der Waals surface area contributed by atoms with Gasteiger partial charge >= 0.3 is 0 Å². The van der Waals surface area contributed by atoms with Crippen molar-refractivity contribution in [3.05, 3.63) is 88.7 Å². The molecule has 0 spiro atoms. The number of non-ortho nitro benzene ring substituents is 1. The number of anilines is 2. The molecule has 0 saturated heterocycles. The Morgan fingerprint density at radius 1 is 1.16 bits per heavy atom. The third kappa shape index (κ3) is 4.62. The summed E-state index contributed by atoms with van der Waals surface area (Å²) in [6.07, 6.45) is 3.55. The van der Waals surface area contributed by atoms with Crippen LogP contribution in [0.1, 0.15) is 5.56 Å². The minimum Gasteiger partial charge on any atom is -0.494 e. The van der Waals surface area contributed by atoms with Gasteiger partial charge in [0.15, 0.2) is 5.11 Å². The number of hydrogen-bond donors (Lipinski definition) is 2. The molecule has 0 aliphatic heterocycles. The van der Waals surface area contributed by atoms with Crippen LogP contribution in [0.15, 0.2) is 73.1 Å². The molecule has 0 saturated carbocycles. The maximum atomic E-state index is 10.9. The first-order chi connectivity index (χ1) is 15.0. The summed E-state index contributed by atoms with van der Waals surface area (Å²) < 4.78 is 7.05. The Hall–Kier alpha value is -3.98. The van der Waals surface area contributed by atoms with E-state index in [1.807, 2.05) is 29.1 Å². The lowest BCUT2D eigenvalue weighted by molar-refractivity contribution is -0.384. The number of methoxy groups -OCH3 is 1. The molecule has 31 heavy (non-hydrogen) atoms. The van der Waals surface area contributed by atoms with Crippen LogP contribution in [0, 0.1) is 10.1 Å². The fraction of sp³-hybridized carbons (Fsp3) is 0.0909. The Bertz CT molecular complexity index is 1270. The van der Waals surface area contributed by atoms with Gasteiger partial charge in [-0.25, -0.2) is 0 Å². The zero-order valence-corrected chi connectivity index (χ0v) is 17.4. The van der Waals surface area contributed by atoms with Crippen molar-refractivity contribution in [2.45, 2.75) is 6.54 Å². The molecular formula is C22H19N5O3S. The number of ether oxygens (including phenoxy) is 1. The second-order valence-electron chi connectivity index (χ2n) is 6.79. The van der Waals surface area contributed by atoms with Gasteiger partial charge in [-0.3, -0.25) is 14.8 Å². The monoisotopic (exact) mass is 433 g/mol. The summed E-state index contributed by atoms with van der Waals surface area (Å²) in [5.41, 5.74) is 2.35. The maximum Gasteiger partial charge on any atom is 0.273 e. The SMILES string of the molecule is COc1cc([N+](=O)[O-])ccc1NC(=S)Nc1cnn(Cc2cccc3ccccc23)c1. The van der Waals surface area contributed by atoms with Gasteiger partial charge in [-0.15, -0.1) is 0 Å². The van der Waals surface area contributed by atoms with Gasteiger partial charge in [-0.1, -0.05) is 42.5 Å². The van der Waals surface area contributed by atoms with Crippen LogP contribution in [-0.2, 0) is 6.54 Å². The van der Waals surface area contributed by atoms with E-state index in [-0.39, 0.29) is 5.69 Å². The number of thiocarbonyl (C=S) groups is 1. The lowest BCUT2D eigenvalue weighted by Gasteiger charge is -2.12. The molecule has 0 atom stereocenters. The van der Waals surface area contributed by atoms with Crippen LogP contribution in [0.2, 0.25) is 0 Å². The molecule has 8 nitrogen and oxygen atoms in total. The van der Waals surface area contributed by atoms with Crippen LogP contribution in [0.3, 0.4) is 0 Å². The van der Waals surface area contributed by atoms with E-state index in [1.54, 1.807) is 12.3 Å². The van der Waals surface area contributed by atoms with E-state index >= 15 is 0 Å². The Labute approximate surface area is 183 Å². The van der Waals surface area contributed by atoms with Crippen molar-refractivity contribution in [2.24, 2.45) is 0 Å². The van der Waals surface area contributed by atoms with Crippen LogP contribution in [0.4, 0.5) is 17.1 Å². The second-order valence-corrected chi connectivity index (χ2v) is 7.19. The van der Waals surface area contributed by atoms with Crippen LogP contribution >= 0.6 is 12.2 Å². The first kappa shape index (κ1) is 20.3. The standard InChI is InChI=1S/C22H19N5O3S/c1-30-21-11-18(27(28)29)9-10-20(21)25-22(31)24-17-12-23-26(14-17)13-16-7-4-6-15-5-2-3-8-19(15)16/h2-12,14H,13H2,1H3,(H2,24,25,31). The lowest BCUT2D eigenvalue weighted by Crippen LogP contribution is -2.19.